The van der Waals surface area contributed by atoms with Gasteiger partial charge in [-0.2, -0.15) is 0 Å². The van der Waals surface area contributed by atoms with E-state index in [1.807, 2.05) is 56.4 Å². The molecule has 3 aromatic rings. The number of aromatic amines is 1. The predicted molar refractivity (Wildman–Crippen MR) is 127 cm³/mol. The molecule has 6 nitrogen and oxygen atoms in total. The second-order valence-electron chi connectivity index (χ2n) is 9.07. The number of carbonyl (C=O) groups excluding carboxylic acids is 2. The molecule has 2 N–H and O–H groups in total. The molecule has 0 spiro atoms. The molecule has 1 saturated heterocycles. The van der Waals surface area contributed by atoms with Crippen molar-refractivity contribution in [3.05, 3.63) is 70.4 Å². The molecule has 1 amide bonds. The molecule has 2 fully saturated rings. The van der Waals surface area contributed by atoms with Crippen molar-refractivity contribution in [1.29, 1.82) is 0 Å². The number of rotatable bonds is 4. The summed E-state index contributed by atoms with van der Waals surface area (Å²) in [5.74, 6) is -0.569. The zero-order valence-electron chi connectivity index (χ0n) is 19.1. The Morgan fingerprint density at radius 3 is 2.55 bits per heavy atom. The van der Waals surface area contributed by atoms with E-state index in [2.05, 4.69) is 4.98 Å². The summed E-state index contributed by atoms with van der Waals surface area (Å²) in [6.45, 7) is 3.76. The number of fused-ring (bicyclic) bond motifs is 1. The van der Waals surface area contributed by atoms with E-state index >= 15 is 0 Å². The zero-order valence-corrected chi connectivity index (χ0v) is 19.1. The fraction of sp³-hybridized carbons (Fsp3) is 0.333. The first-order chi connectivity index (χ1) is 15.9. The highest BCUT2D eigenvalue weighted by Gasteiger charge is 2.50. The Kier molecular flexibility index (Phi) is 5.23. The first kappa shape index (κ1) is 21.3. The number of likely N-dealkylation sites (tertiary alicyclic amines) is 1. The third-order valence-electron chi connectivity index (χ3n) is 7.11. The third kappa shape index (κ3) is 3.32. The van der Waals surface area contributed by atoms with Crippen LogP contribution in [0.5, 0.6) is 5.75 Å². The number of hydrogen-bond donors (Lipinski definition) is 2. The van der Waals surface area contributed by atoms with E-state index in [-0.39, 0.29) is 17.4 Å². The number of H-pyrrole nitrogens is 1. The molecule has 33 heavy (non-hydrogen) atoms. The van der Waals surface area contributed by atoms with Crippen molar-refractivity contribution in [1.82, 2.24) is 9.88 Å². The molecule has 170 valence electrons. The van der Waals surface area contributed by atoms with Gasteiger partial charge in [0.2, 0.25) is 0 Å². The second-order valence-corrected chi connectivity index (χ2v) is 9.07. The molecule has 1 atom stereocenters. The fourth-order valence-electron chi connectivity index (χ4n) is 5.44. The number of nitrogens with zero attached hydrogens (tertiary/aromatic N) is 1. The van der Waals surface area contributed by atoms with Gasteiger partial charge in [-0.15, -0.1) is 0 Å². The Morgan fingerprint density at radius 2 is 1.82 bits per heavy atom. The number of ketones is 1. The van der Waals surface area contributed by atoms with Gasteiger partial charge in [0.15, 0.2) is 0 Å². The minimum absolute atomic E-state index is 0.0101. The van der Waals surface area contributed by atoms with E-state index in [9.17, 15) is 14.7 Å². The quantitative estimate of drug-likeness (QED) is 0.331. The van der Waals surface area contributed by atoms with Crippen LogP contribution >= 0.6 is 0 Å². The monoisotopic (exact) mass is 444 g/mol. The van der Waals surface area contributed by atoms with Crippen molar-refractivity contribution in [3.63, 3.8) is 0 Å². The van der Waals surface area contributed by atoms with Crippen molar-refractivity contribution in [2.45, 2.75) is 51.6 Å². The van der Waals surface area contributed by atoms with Crippen LogP contribution in [0.2, 0.25) is 0 Å². The Balaban J connectivity index is 1.75. The van der Waals surface area contributed by atoms with E-state index in [0.29, 0.717) is 11.3 Å². The number of nitrogens with one attached hydrogen (secondary N) is 1. The molecule has 2 heterocycles. The van der Waals surface area contributed by atoms with Gasteiger partial charge >= 0.3 is 0 Å². The molecule has 1 aliphatic heterocycles. The van der Waals surface area contributed by atoms with Crippen LogP contribution in [0.15, 0.2) is 48.2 Å². The topological polar surface area (TPSA) is 82.6 Å². The number of amides is 1. The van der Waals surface area contributed by atoms with Crippen LogP contribution in [0.4, 0.5) is 0 Å². The summed E-state index contributed by atoms with van der Waals surface area (Å²) < 4.78 is 5.41. The number of methoxy groups -OCH3 is 1. The molecule has 1 unspecified atom stereocenters. The van der Waals surface area contributed by atoms with Crippen molar-refractivity contribution in [2.75, 3.05) is 7.11 Å². The molecular formula is C27H28N2O4. The summed E-state index contributed by atoms with van der Waals surface area (Å²) in [5.41, 5.74) is 4.09. The largest absolute Gasteiger partial charge is 0.507 e. The smallest absolute Gasteiger partial charge is 0.295 e. The number of ether oxygens (including phenoxy) is 1. The standard InChI is InChI=1S/C27H28N2O4/c1-15-13-22(33-3)16(2)12-19(15)25(30)23-24(20-14-28-21-11-7-6-10-18(20)21)29(27(32)26(23)31)17-8-4-5-9-17/h6-7,10-14,17,24,28,30H,4-5,8-9H2,1-3H3/b25-23+. The van der Waals surface area contributed by atoms with E-state index in [1.165, 1.54) is 0 Å². The maximum absolute atomic E-state index is 13.4. The molecule has 1 aliphatic carbocycles. The van der Waals surface area contributed by atoms with Gasteiger partial charge in [-0.05, 0) is 56.0 Å². The molecular weight excluding hydrogens is 416 g/mol. The normalized spacial score (nSPS) is 20.8. The van der Waals surface area contributed by atoms with E-state index in [0.717, 1.165) is 53.3 Å². The van der Waals surface area contributed by atoms with Gasteiger partial charge in [0, 0.05) is 34.3 Å². The Hall–Kier alpha value is -3.54. The summed E-state index contributed by atoms with van der Waals surface area (Å²) in [5, 5.41) is 12.5. The molecule has 0 bridgehead atoms. The van der Waals surface area contributed by atoms with Crippen LogP contribution in [-0.4, -0.2) is 39.8 Å². The van der Waals surface area contributed by atoms with Crippen LogP contribution in [-0.2, 0) is 9.59 Å². The SMILES string of the molecule is COc1cc(C)c(/C(O)=C2\C(=O)C(=O)N(C3CCCC3)C2c2c[nH]c3ccccc23)cc1C. The second kappa shape index (κ2) is 8.10. The number of aromatic nitrogens is 1. The van der Waals surface area contributed by atoms with E-state index in [1.54, 1.807) is 12.0 Å². The highest BCUT2D eigenvalue weighted by Crippen LogP contribution is 2.45. The third-order valence-corrected chi connectivity index (χ3v) is 7.11. The lowest BCUT2D eigenvalue weighted by Crippen LogP contribution is -2.37. The maximum Gasteiger partial charge on any atom is 0.295 e. The molecule has 0 radical (unpaired) electrons. The molecule has 5 rings (SSSR count). The molecule has 6 heteroatoms. The van der Waals surface area contributed by atoms with E-state index in [4.69, 9.17) is 4.74 Å². The molecule has 2 aliphatic rings. The number of carbonyl (C=O) groups is 2. The van der Waals surface area contributed by atoms with Gasteiger partial charge in [0.1, 0.15) is 11.5 Å². The van der Waals surface area contributed by atoms with Gasteiger partial charge < -0.3 is 19.7 Å². The highest BCUT2D eigenvalue weighted by molar-refractivity contribution is 6.46. The van der Waals surface area contributed by atoms with Crippen molar-refractivity contribution in [3.8, 4) is 5.75 Å². The summed E-state index contributed by atoms with van der Waals surface area (Å²) >= 11 is 0. The Morgan fingerprint density at radius 1 is 1.09 bits per heavy atom. The average Bonchev–Trinajstić information content (AvgIpc) is 3.53. The predicted octanol–water partition coefficient (Wildman–Crippen LogP) is 5.16. The lowest BCUT2D eigenvalue weighted by molar-refractivity contribution is -0.141. The summed E-state index contributed by atoms with van der Waals surface area (Å²) in [6.07, 6.45) is 5.66. The number of para-hydroxylation sites is 1. The van der Waals surface area contributed by atoms with Gasteiger partial charge in [-0.25, -0.2) is 0 Å². The molecule has 2 aromatic carbocycles. The number of aryl methyl sites for hydroxylation is 2. The maximum atomic E-state index is 13.4. The first-order valence-electron chi connectivity index (χ1n) is 11.4. The van der Waals surface area contributed by atoms with Crippen LogP contribution in [0.25, 0.3) is 16.7 Å². The summed E-state index contributed by atoms with van der Waals surface area (Å²) in [6, 6.07) is 10.9. The van der Waals surface area contributed by atoms with Gasteiger partial charge in [-0.3, -0.25) is 9.59 Å². The van der Waals surface area contributed by atoms with Gasteiger partial charge in [0.25, 0.3) is 11.7 Å². The number of Topliss-reactive ketones (excluding diaryl/α,β-unsaturated/α-hetero) is 1. The lowest BCUT2D eigenvalue weighted by atomic mass is 9.92. The number of aliphatic hydroxyl groups is 1. The lowest BCUT2D eigenvalue weighted by Gasteiger charge is -2.30. The van der Waals surface area contributed by atoms with Crippen LogP contribution < -0.4 is 4.74 Å². The Labute approximate surface area is 192 Å². The van der Waals surface area contributed by atoms with E-state index < -0.39 is 17.7 Å². The van der Waals surface area contributed by atoms with Gasteiger partial charge in [-0.1, -0.05) is 31.0 Å². The van der Waals surface area contributed by atoms with Crippen LogP contribution in [0.1, 0.15) is 54.0 Å². The van der Waals surface area contributed by atoms with Crippen molar-refractivity contribution < 1.29 is 19.4 Å². The summed E-state index contributed by atoms with van der Waals surface area (Å²) in [7, 11) is 1.60. The van der Waals surface area contributed by atoms with Crippen molar-refractivity contribution >= 4 is 28.4 Å². The Bertz CT molecular complexity index is 1300. The first-order valence-corrected chi connectivity index (χ1v) is 11.4. The molecule has 1 aromatic heterocycles. The number of aliphatic hydroxyl groups excluding tert-OH is 1. The number of benzene rings is 2. The average molecular weight is 445 g/mol. The summed E-state index contributed by atoms with van der Waals surface area (Å²) in [4.78, 5) is 31.7. The van der Waals surface area contributed by atoms with Crippen LogP contribution in [0.3, 0.4) is 0 Å². The number of hydrogen-bond acceptors (Lipinski definition) is 4. The van der Waals surface area contributed by atoms with Crippen LogP contribution in [0, 0.1) is 13.8 Å². The zero-order chi connectivity index (χ0) is 23.3. The highest BCUT2D eigenvalue weighted by atomic mass is 16.5. The molecule has 1 saturated carbocycles. The minimum atomic E-state index is -0.633. The van der Waals surface area contributed by atoms with Gasteiger partial charge in [0.05, 0.1) is 18.7 Å². The minimum Gasteiger partial charge on any atom is -0.507 e. The van der Waals surface area contributed by atoms with Crippen molar-refractivity contribution in [2.24, 2.45) is 0 Å². The fourth-order valence-corrected chi connectivity index (χ4v) is 5.44.